The molecule has 0 radical (unpaired) electrons. The monoisotopic (exact) mass is 593 g/mol. The Morgan fingerprint density at radius 2 is 1.82 bits per heavy atom. The first-order valence-electron chi connectivity index (χ1n) is 14.5. The summed E-state index contributed by atoms with van der Waals surface area (Å²) in [4.78, 5) is 46.9. The number of halogens is 1. The van der Waals surface area contributed by atoms with Crippen LogP contribution in [-0.2, 0) is 16.1 Å². The maximum Gasteiger partial charge on any atom is 0.277 e. The Labute approximate surface area is 254 Å². The van der Waals surface area contributed by atoms with Crippen molar-refractivity contribution >= 4 is 23.1 Å². The highest BCUT2D eigenvalue weighted by Crippen LogP contribution is 2.25. The third-order valence-corrected chi connectivity index (χ3v) is 7.68. The summed E-state index contributed by atoms with van der Waals surface area (Å²) in [5.74, 6) is -1.02. The molecule has 10 heteroatoms. The van der Waals surface area contributed by atoms with Crippen LogP contribution in [0.1, 0.15) is 47.3 Å². The smallest absolute Gasteiger partial charge is 0.277 e. The van der Waals surface area contributed by atoms with Gasteiger partial charge in [-0.25, -0.2) is 9.37 Å². The van der Waals surface area contributed by atoms with Crippen molar-refractivity contribution in [3.8, 4) is 17.5 Å². The van der Waals surface area contributed by atoms with Gasteiger partial charge in [0.25, 0.3) is 5.56 Å². The standard InChI is InChI=1S/C34H32FN5O4/c1-3-22(2)33(42)38-30-20-37-32(26-6-4-5-23(15-26)19-36)40(34(30)43)21-24-16-27(31(41)25-7-9-28(35)10-8-25)18-29(17-24)39-11-13-44-14-12-39/h4-10,15-18,20,22H,3,11-14,21H2,1-2H3,(H,38,42)/t22-/m1/s1. The van der Waals surface area contributed by atoms with Crippen LogP contribution in [0.15, 0.2) is 77.7 Å². The van der Waals surface area contributed by atoms with Gasteiger partial charge in [0, 0.05) is 41.4 Å². The molecule has 1 saturated heterocycles. The topological polar surface area (TPSA) is 117 Å². The number of nitrogens with zero attached hydrogens (tertiary/aromatic N) is 4. The summed E-state index contributed by atoms with van der Waals surface area (Å²) in [5.41, 5.74) is 2.65. The van der Waals surface area contributed by atoms with Crippen molar-refractivity contribution in [3.63, 3.8) is 0 Å². The van der Waals surface area contributed by atoms with E-state index in [4.69, 9.17) is 4.74 Å². The van der Waals surface area contributed by atoms with Crippen LogP contribution >= 0.6 is 0 Å². The lowest BCUT2D eigenvalue weighted by Crippen LogP contribution is -2.36. The Hall–Kier alpha value is -5.14. The SMILES string of the molecule is CC[C@@H](C)C(=O)Nc1cnc(-c2cccc(C#N)c2)n(Cc2cc(C(=O)c3ccc(F)cc3)cc(N3CCOCC3)c2)c1=O. The third kappa shape index (κ3) is 6.74. The average Bonchev–Trinajstić information content (AvgIpc) is 3.06. The van der Waals surface area contributed by atoms with Gasteiger partial charge in [0.15, 0.2) is 5.78 Å². The van der Waals surface area contributed by atoms with E-state index in [0.717, 1.165) is 5.69 Å². The minimum atomic E-state index is -0.475. The average molecular weight is 594 g/mol. The fraction of sp³-hybridized carbons (Fsp3) is 0.265. The van der Waals surface area contributed by atoms with Crippen LogP contribution in [0.25, 0.3) is 11.4 Å². The fourth-order valence-corrected chi connectivity index (χ4v) is 4.98. The molecule has 3 aromatic carbocycles. The van der Waals surface area contributed by atoms with E-state index in [2.05, 4.69) is 21.3 Å². The highest BCUT2D eigenvalue weighted by atomic mass is 19.1. The molecule has 1 aliphatic heterocycles. The van der Waals surface area contributed by atoms with E-state index in [1.54, 1.807) is 43.3 Å². The lowest BCUT2D eigenvalue weighted by atomic mass is 9.99. The highest BCUT2D eigenvalue weighted by Gasteiger charge is 2.20. The number of ketones is 1. The summed E-state index contributed by atoms with van der Waals surface area (Å²) >= 11 is 0. The molecule has 1 N–H and O–H groups in total. The molecule has 44 heavy (non-hydrogen) atoms. The van der Waals surface area contributed by atoms with Crippen molar-refractivity contribution in [2.45, 2.75) is 26.8 Å². The second-order valence-corrected chi connectivity index (χ2v) is 10.7. The van der Waals surface area contributed by atoms with E-state index in [0.29, 0.717) is 66.4 Å². The molecule has 0 aliphatic carbocycles. The van der Waals surface area contributed by atoms with E-state index in [9.17, 15) is 24.0 Å². The van der Waals surface area contributed by atoms with Crippen molar-refractivity contribution in [3.05, 3.63) is 111 Å². The van der Waals surface area contributed by atoms with E-state index in [1.165, 1.54) is 35.0 Å². The molecule has 1 fully saturated rings. The molecule has 4 aromatic rings. The van der Waals surface area contributed by atoms with Crippen LogP contribution < -0.4 is 15.8 Å². The summed E-state index contributed by atoms with van der Waals surface area (Å²) in [7, 11) is 0. The number of rotatable bonds is 9. The van der Waals surface area contributed by atoms with Crippen molar-refractivity contribution in [1.29, 1.82) is 5.26 Å². The minimum Gasteiger partial charge on any atom is -0.378 e. The molecule has 0 saturated carbocycles. The van der Waals surface area contributed by atoms with Crippen LogP contribution in [0.5, 0.6) is 0 Å². The van der Waals surface area contributed by atoms with E-state index >= 15 is 0 Å². The number of hydrogen-bond acceptors (Lipinski definition) is 7. The first-order valence-corrected chi connectivity index (χ1v) is 14.5. The van der Waals surface area contributed by atoms with E-state index in [-0.39, 0.29) is 29.8 Å². The quantitative estimate of drug-likeness (QED) is 0.271. The molecular formula is C34H32FN5O4. The number of hydrogen-bond donors (Lipinski definition) is 1. The summed E-state index contributed by atoms with van der Waals surface area (Å²) in [5, 5.41) is 12.2. The van der Waals surface area contributed by atoms with Crippen molar-refractivity contribution < 1.29 is 18.7 Å². The fourth-order valence-electron chi connectivity index (χ4n) is 4.98. The molecule has 1 aliphatic rings. The number of ether oxygens (including phenoxy) is 1. The van der Waals surface area contributed by atoms with Crippen molar-refractivity contribution in [2.75, 3.05) is 36.5 Å². The summed E-state index contributed by atoms with van der Waals surface area (Å²) in [6, 6.07) is 19.7. The van der Waals surface area contributed by atoms with Gasteiger partial charge in [0.2, 0.25) is 5.91 Å². The summed E-state index contributed by atoms with van der Waals surface area (Å²) in [6.07, 6.45) is 1.94. The maximum absolute atomic E-state index is 13.9. The van der Waals surface area contributed by atoms with Crippen molar-refractivity contribution in [2.24, 2.45) is 5.92 Å². The molecule has 0 unspecified atom stereocenters. The zero-order valence-electron chi connectivity index (χ0n) is 24.5. The van der Waals surface area contributed by atoms with Gasteiger partial charge >= 0.3 is 0 Å². The van der Waals surface area contributed by atoms with E-state index in [1.807, 2.05) is 13.0 Å². The normalized spacial score (nSPS) is 13.6. The number of carbonyl (C=O) groups is 2. The van der Waals surface area contributed by atoms with Crippen molar-refractivity contribution in [1.82, 2.24) is 9.55 Å². The predicted molar refractivity (Wildman–Crippen MR) is 165 cm³/mol. The van der Waals surface area contributed by atoms with Gasteiger partial charge in [-0.15, -0.1) is 0 Å². The molecule has 1 atom stereocenters. The van der Waals surface area contributed by atoms with Gasteiger partial charge in [0.1, 0.15) is 17.3 Å². The maximum atomic E-state index is 13.9. The molecule has 5 rings (SSSR count). The number of anilines is 2. The Balaban J connectivity index is 1.63. The number of nitrogens with one attached hydrogen (secondary N) is 1. The zero-order valence-corrected chi connectivity index (χ0v) is 24.5. The predicted octanol–water partition coefficient (Wildman–Crippen LogP) is 5.02. The van der Waals surface area contributed by atoms with Gasteiger partial charge in [0.05, 0.1) is 37.6 Å². The van der Waals surface area contributed by atoms with Crippen LogP contribution in [-0.4, -0.2) is 47.5 Å². The van der Waals surface area contributed by atoms with Crippen LogP contribution in [0, 0.1) is 23.1 Å². The number of nitriles is 1. The van der Waals surface area contributed by atoms with Crippen LogP contribution in [0.3, 0.4) is 0 Å². The number of benzene rings is 3. The Morgan fingerprint density at radius 3 is 2.52 bits per heavy atom. The first kappa shape index (κ1) is 30.3. The number of aromatic nitrogens is 2. The van der Waals surface area contributed by atoms with Gasteiger partial charge in [-0.1, -0.05) is 26.0 Å². The third-order valence-electron chi connectivity index (χ3n) is 7.68. The Bertz CT molecular complexity index is 1790. The molecule has 0 bridgehead atoms. The minimum absolute atomic E-state index is 0.0207. The second kappa shape index (κ2) is 13.4. The molecule has 9 nitrogen and oxygen atoms in total. The number of amides is 1. The number of morpholine rings is 1. The number of carbonyl (C=O) groups excluding carboxylic acids is 2. The lowest BCUT2D eigenvalue weighted by Gasteiger charge is -2.29. The first-order chi connectivity index (χ1) is 21.3. The molecule has 224 valence electrons. The largest absolute Gasteiger partial charge is 0.378 e. The Kier molecular flexibility index (Phi) is 9.26. The van der Waals surface area contributed by atoms with Gasteiger partial charge in [-0.05, 0) is 66.6 Å². The van der Waals surface area contributed by atoms with Crippen LogP contribution in [0.2, 0.25) is 0 Å². The van der Waals surface area contributed by atoms with E-state index < -0.39 is 11.4 Å². The summed E-state index contributed by atoms with van der Waals surface area (Å²) in [6.45, 7) is 6.00. The molecular weight excluding hydrogens is 561 g/mol. The molecule has 1 amide bonds. The zero-order chi connectivity index (χ0) is 31.2. The summed E-state index contributed by atoms with van der Waals surface area (Å²) < 4.78 is 20.6. The molecule has 1 aromatic heterocycles. The Morgan fingerprint density at radius 1 is 1.07 bits per heavy atom. The lowest BCUT2D eigenvalue weighted by molar-refractivity contribution is -0.119. The van der Waals surface area contributed by atoms with Gasteiger partial charge < -0.3 is 15.0 Å². The second-order valence-electron chi connectivity index (χ2n) is 10.7. The molecule has 0 spiro atoms. The molecule has 2 heterocycles. The van der Waals surface area contributed by atoms with Gasteiger partial charge in [-0.3, -0.25) is 19.0 Å². The highest BCUT2D eigenvalue weighted by molar-refractivity contribution is 6.09. The van der Waals surface area contributed by atoms with Gasteiger partial charge in [-0.2, -0.15) is 5.26 Å². The van der Waals surface area contributed by atoms with Crippen LogP contribution in [0.4, 0.5) is 15.8 Å².